The standard InChI is InChI=1S/C21H27FN4O2S/c1-15-4-3-12-26(15)18-11-13-25(14-18)21-10-9-20(16(2)23-21)24-29(27,28)19-7-5-17(22)6-8-19/h5-10,15,18,24H,3-4,11-14H2,1-2H3/t15-,18+/m0/s1. The summed E-state index contributed by atoms with van der Waals surface area (Å²) in [5, 5.41) is 0. The Balaban J connectivity index is 1.46. The number of aryl methyl sites for hydroxylation is 1. The number of aromatic nitrogens is 1. The summed E-state index contributed by atoms with van der Waals surface area (Å²) in [5.41, 5.74) is 1.05. The summed E-state index contributed by atoms with van der Waals surface area (Å²) < 4.78 is 40.7. The lowest BCUT2D eigenvalue weighted by molar-refractivity contribution is 0.204. The highest BCUT2D eigenvalue weighted by molar-refractivity contribution is 7.92. The molecule has 3 heterocycles. The van der Waals surface area contributed by atoms with Crippen molar-refractivity contribution in [2.45, 2.75) is 50.1 Å². The Bertz CT molecular complexity index is 981. The van der Waals surface area contributed by atoms with Crippen molar-refractivity contribution in [3.05, 3.63) is 47.9 Å². The largest absolute Gasteiger partial charge is 0.355 e. The van der Waals surface area contributed by atoms with Crippen LogP contribution in [-0.2, 0) is 10.0 Å². The lowest BCUT2D eigenvalue weighted by atomic mass is 10.2. The number of anilines is 2. The Kier molecular flexibility index (Phi) is 5.48. The van der Waals surface area contributed by atoms with Crippen molar-refractivity contribution in [3.63, 3.8) is 0 Å². The number of halogens is 1. The Labute approximate surface area is 171 Å². The van der Waals surface area contributed by atoms with E-state index in [2.05, 4.69) is 26.4 Å². The van der Waals surface area contributed by atoms with Gasteiger partial charge in [0.1, 0.15) is 11.6 Å². The quantitative estimate of drug-likeness (QED) is 0.806. The van der Waals surface area contributed by atoms with Crippen molar-refractivity contribution in [2.24, 2.45) is 0 Å². The zero-order valence-corrected chi connectivity index (χ0v) is 17.6. The molecule has 2 aliphatic rings. The highest BCUT2D eigenvalue weighted by Crippen LogP contribution is 2.29. The maximum Gasteiger partial charge on any atom is 0.261 e. The summed E-state index contributed by atoms with van der Waals surface area (Å²) >= 11 is 0. The van der Waals surface area contributed by atoms with Crippen LogP contribution in [0.5, 0.6) is 0 Å². The van der Waals surface area contributed by atoms with Crippen LogP contribution in [0.3, 0.4) is 0 Å². The van der Waals surface area contributed by atoms with Gasteiger partial charge in [0, 0.05) is 25.2 Å². The van der Waals surface area contributed by atoms with Gasteiger partial charge in [-0.3, -0.25) is 9.62 Å². The van der Waals surface area contributed by atoms with Gasteiger partial charge in [-0.2, -0.15) is 0 Å². The molecule has 0 saturated carbocycles. The van der Waals surface area contributed by atoms with E-state index in [0.29, 0.717) is 23.5 Å². The minimum Gasteiger partial charge on any atom is -0.355 e. The molecule has 29 heavy (non-hydrogen) atoms. The van der Waals surface area contributed by atoms with Crippen molar-refractivity contribution >= 4 is 21.5 Å². The molecule has 2 aliphatic heterocycles. The molecule has 2 saturated heterocycles. The first-order valence-corrected chi connectivity index (χ1v) is 11.6. The second-order valence-corrected chi connectivity index (χ2v) is 9.66. The molecule has 0 amide bonds. The van der Waals surface area contributed by atoms with Gasteiger partial charge in [0.25, 0.3) is 10.0 Å². The molecule has 8 heteroatoms. The van der Waals surface area contributed by atoms with Crippen molar-refractivity contribution in [1.82, 2.24) is 9.88 Å². The Morgan fingerprint density at radius 3 is 2.52 bits per heavy atom. The molecule has 2 aromatic rings. The summed E-state index contributed by atoms with van der Waals surface area (Å²) in [5.74, 6) is 0.403. The predicted octanol–water partition coefficient (Wildman–Crippen LogP) is 3.39. The topological polar surface area (TPSA) is 65.5 Å². The van der Waals surface area contributed by atoms with E-state index in [1.165, 1.54) is 31.5 Å². The van der Waals surface area contributed by atoms with Crippen molar-refractivity contribution in [1.29, 1.82) is 0 Å². The van der Waals surface area contributed by atoms with Gasteiger partial charge >= 0.3 is 0 Å². The third-order valence-corrected chi connectivity index (χ3v) is 7.38. The fraction of sp³-hybridized carbons (Fsp3) is 0.476. The summed E-state index contributed by atoms with van der Waals surface area (Å²) in [7, 11) is -3.79. The first kappa shape index (κ1) is 20.1. The molecule has 2 fully saturated rings. The van der Waals surface area contributed by atoms with Gasteiger partial charge in [0.2, 0.25) is 0 Å². The molecule has 0 unspecified atom stereocenters. The predicted molar refractivity (Wildman–Crippen MR) is 112 cm³/mol. The van der Waals surface area contributed by atoms with Crippen molar-refractivity contribution < 1.29 is 12.8 Å². The summed E-state index contributed by atoms with van der Waals surface area (Å²) in [6.45, 7) is 7.19. The highest BCUT2D eigenvalue weighted by atomic mass is 32.2. The number of likely N-dealkylation sites (tertiary alicyclic amines) is 1. The lowest BCUT2D eigenvalue weighted by Crippen LogP contribution is -2.39. The number of nitrogens with zero attached hydrogens (tertiary/aromatic N) is 3. The molecule has 1 N–H and O–H groups in total. The normalized spacial score (nSPS) is 22.9. The molecule has 4 rings (SSSR count). The summed E-state index contributed by atoms with van der Waals surface area (Å²) in [4.78, 5) is 9.55. The highest BCUT2D eigenvalue weighted by Gasteiger charge is 2.33. The maximum atomic E-state index is 13.1. The van der Waals surface area contributed by atoms with Crippen molar-refractivity contribution in [3.8, 4) is 0 Å². The SMILES string of the molecule is Cc1nc(N2CC[C@@H](N3CCC[C@@H]3C)C2)ccc1NS(=O)(=O)c1ccc(F)cc1. The lowest BCUT2D eigenvalue weighted by Gasteiger charge is -2.28. The van der Waals surface area contributed by atoms with E-state index < -0.39 is 15.8 Å². The van der Waals surface area contributed by atoms with Crippen LogP contribution in [0.25, 0.3) is 0 Å². The van der Waals surface area contributed by atoms with E-state index in [1.807, 2.05) is 6.07 Å². The van der Waals surface area contributed by atoms with Crippen LogP contribution in [0, 0.1) is 12.7 Å². The van der Waals surface area contributed by atoms with Crippen LogP contribution in [0.1, 0.15) is 31.9 Å². The van der Waals surface area contributed by atoms with E-state index in [9.17, 15) is 12.8 Å². The van der Waals surface area contributed by atoms with E-state index in [4.69, 9.17) is 0 Å². The average molecular weight is 419 g/mol. The third kappa shape index (κ3) is 4.23. The minimum absolute atomic E-state index is 0.0181. The smallest absolute Gasteiger partial charge is 0.261 e. The zero-order chi connectivity index (χ0) is 20.6. The average Bonchev–Trinajstić information content (AvgIpc) is 3.32. The van der Waals surface area contributed by atoms with E-state index >= 15 is 0 Å². The second kappa shape index (κ2) is 7.91. The number of hydrogen-bond acceptors (Lipinski definition) is 5. The first-order valence-electron chi connectivity index (χ1n) is 10.1. The van der Waals surface area contributed by atoms with Gasteiger partial charge in [0.15, 0.2) is 0 Å². The zero-order valence-electron chi connectivity index (χ0n) is 16.8. The van der Waals surface area contributed by atoms with Crippen LogP contribution in [-0.4, -0.2) is 50.0 Å². The molecule has 1 aromatic heterocycles. The van der Waals surface area contributed by atoms with Crippen LogP contribution in [0.2, 0.25) is 0 Å². The van der Waals surface area contributed by atoms with Gasteiger partial charge < -0.3 is 4.90 Å². The van der Waals surface area contributed by atoms with Gasteiger partial charge in [-0.1, -0.05) is 0 Å². The molecular weight excluding hydrogens is 391 g/mol. The Morgan fingerprint density at radius 1 is 1.10 bits per heavy atom. The van der Waals surface area contributed by atoms with Crippen molar-refractivity contribution in [2.75, 3.05) is 29.3 Å². The number of rotatable bonds is 5. The molecule has 0 bridgehead atoms. The molecular formula is C21H27FN4O2S. The second-order valence-electron chi connectivity index (χ2n) is 7.98. The molecule has 0 aliphatic carbocycles. The fourth-order valence-corrected chi connectivity index (χ4v) is 5.49. The summed E-state index contributed by atoms with van der Waals surface area (Å²) in [6.07, 6.45) is 3.68. The Hall–Kier alpha value is -2.19. The molecule has 156 valence electrons. The van der Waals surface area contributed by atoms with Crippen LogP contribution in [0.4, 0.5) is 15.9 Å². The number of nitrogens with one attached hydrogen (secondary N) is 1. The van der Waals surface area contributed by atoms with E-state index in [1.54, 1.807) is 13.0 Å². The molecule has 2 atom stereocenters. The number of sulfonamides is 1. The van der Waals surface area contributed by atoms with Gasteiger partial charge in [-0.25, -0.2) is 17.8 Å². The van der Waals surface area contributed by atoms with Crippen LogP contribution >= 0.6 is 0 Å². The molecule has 6 nitrogen and oxygen atoms in total. The van der Waals surface area contributed by atoms with E-state index in [-0.39, 0.29) is 4.90 Å². The van der Waals surface area contributed by atoms with Crippen LogP contribution in [0.15, 0.2) is 41.3 Å². The fourth-order valence-electron chi connectivity index (χ4n) is 4.37. The van der Waals surface area contributed by atoms with Gasteiger partial charge in [-0.05, 0) is 76.1 Å². The number of pyridine rings is 1. The molecule has 0 spiro atoms. The first-order chi connectivity index (χ1) is 13.8. The number of hydrogen-bond donors (Lipinski definition) is 1. The maximum absolute atomic E-state index is 13.1. The molecule has 1 aromatic carbocycles. The Morgan fingerprint density at radius 2 is 1.86 bits per heavy atom. The summed E-state index contributed by atoms with van der Waals surface area (Å²) in [6, 6.07) is 9.60. The van der Waals surface area contributed by atoms with E-state index in [0.717, 1.165) is 37.5 Å². The number of benzene rings is 1. The minimum atomic E-state index is -3.79. The van der Waals surface area contributed by atoms with Crippen LogP contribution < -0.4 is 9.62 Å². The molecule has 0 radical (unpaired) electrons. The van der Waals surface area contributed by atoms with Gasteiger partial charge in [-0.15, -0.1) is 0 Å². The van der Waals surface area contributed by atoms with Gasteiger partial charge in [0.05, 0.1) is 16.3 Å². The monoisotopic (exact) mass is 418 g/mol. The third-order valence-electron chi connectivity index (χ3n) is 6.00.